The Morgan fingerprint density at radius 2 is 1.95 bits per heavy atom. The van der Waals surface area contributed by atoms with E-state index in [1.807, 2.05) is 6.07 Å². The van der Waals surface area contributed by atoms with Crippen LogP contribution in [0, 0.1) is 18.3 Å². The second-order valence-corrected chi connectivity index (χ2v) is 7.21. The molecule has 1 aliphatic rings. The van der Waals surface area contributed by atoms with Crippen LogP contribution in [0.25, 0.3) is 0 Å². The van der Waals surface area contributed by atoms with Crippen molar-refractivity contribution in [2.75, 3.05) is 7.11 Å². The van der Waals surface area contributed by atoms with Crippen LogP contribution in [-0.2, 0) is 5.54 Å². The van der Waals surface area contributed by atoms with Gasteiger partial charge >= 0.3 is 0 Å². The molecule has 1 aromatic carbocycles. The molecule has 0 bridgehead atoms. The summed E-state index contributed by atoms with van der Waals surface area (Å²) in [5.74, 6) is 1.58. The van der Waals surface area contributed by atoms with E-state index in [0.29, 0.717) is 11.3 Å². The first-order valence-electron chi connectivity index (χ1n) is 7.20. The van der Waals surface area contributed by atoms with Crippen molar-refractivity contribution >= 4 is 0 Å². The molecule has 0 amide bonds. The van der Waals surface area contributed by atoms with Crippen molar-refractivity contribution in [1.82, 2.24) is 0 Å². The molecule has 2 rings (SSSR count). The average Bonchev–Trinajstić information content (AvgIpc) is 2.25. The minimum absolute atomic E-state index is 0.265. The summed E-state index contributed by atoms with van der Waals surface area (Å²) in [5, 5.41) is 0. The molecule has 2 atom stereocenters. The van der Waals surface area contributed by atoms with E-state index in [2.05, 4.69) is 39.8 Å². The summed E-state index contributed by atoms with van der Waals surface area (Å²) in [4.78, 5) is 0. The fourth-order valence-corrected chi connectivity index (χ4v) is 4.05. The normalized spacial score (nSPS) is 30.1. The van der Waals surface area contributed by atoms with Crippen LogP contribution in [0.5, 0.6) is 5.75 Å². The lowest BCUT2D eigenvalue weighted by molar-refractivity contribution is 0.105. The van der Waals surface area contributed by atoms with Crippen molar-refractivity contribution in [3.8, 4) is 5.75 Å². The summed E-state index contributed by atoms with van der Waals surface area (Å²) in [6.07, 6.45) is 3.31. The van der Waals surface area contributed by atoms with Crippen molar-refractivity contribution in [2.45, 2.75) is 52.5 Å². The maximum Gasteiger partial charge on any atom is 0.123 e. The van der Waals surface area contributed by atoms with Crippen LogP contribution in [0.3, 0.4) is 0 Å². The Balaban J connectivity index is 2.46. The monoisotopic (exact) mass is 261 g/mol. The smallest absolute Gasteiger partial charge is 0.123 e. The van der Waals surface area contributed by atoms with E-state index in [-0.39, 0.29) is 5.54 Å². The van der Waals surface area contributed by atoms with Crippen LogP contribution in [0.1, 0.15) is 51.2 Å². The molecule has 2 N–H and O–H groups in total. The van der Waals surface area contributed by atoms with Gasteiger partial charge in [0.15, 0.2) is 0 Å². The van der Waals surface area contributed by atoms with Gasteiger partial charge in [-0.15, -0.1) is 0 Å². The summed E-state index contributed by atoms with van der Waals surface area (Å²) in [6, 6.07) is 6.33. The van der Waals surface area contributed by atoms with Crippen LogP contribution < -0.4 is 10.5 Å². The Morgan fingerprint density at radius 3 is 2.53 bits per heavy atom. The van der Waals surface area contributed by atoms with Gasteiger partial charge in [-0.25, -0.2) is 0 Å². The zero-order chi connectivity index (χ0) is 14.3. The van der Waals surface area contributed by atoms with E-state index >= 15 is 0 Å². The van der Waals surface area contributed by atoms with Crippen LogP contribution in [0.15, 0.2) is 18.2 Å². The SMILES string of the molecule is COc1ccc(C)cc1C1(N)CC(C)CC(C)(C)C1. The number of rotatable bonds is 2. The molecule has 0 radical (unpaired) electrons. The summed E-state index contributed by atoms with van der Waals surface area (Å²) in [5.41, 5.74) is 9.26. The summed E-state index contributed by atoms with van der Waals surface area (Å²) >= 11 is 0. The van der Waals surface area contributed by atoms with Gasteiger partial charge in [0, 0.05) is 11.1 Å². The Kier molecular flexibility index (Phi) is 3.65. The van der Waals surface area contributed by atoms with Gasteiger partial charge in [-0.2, -0.15) is 0 Å². The molecule has 19 heavy (non-hydrogen) atoms. The number of ether oxygens (including phenoxy) is 1. The van der Waals surface area contributed by atoms with Gasteiger partial charge in [0.1, 0.15) is 5.75 Å². The van der Waals surface area contributed by atoms with Crippen molar-refractivity contribution in [2.24, 2.45) is 17.1 Å². The predicted octanol–water partition coefficient (Wildman–Crippen LogP) is 4.00. The van der Waals surface area contributed by atoms with Gasteiger partial charge in [-0.05, 0) is 43.6 Å². The quantitative estimate of drug-likeness (QED) is 0.873. The van der Waals surface area contributed by atoms with E-state index in [0.717, 1.165) is 18.6 Å². The van der Waals surface area contributed by atoms with Crippen molar-refractivity contribution in [3.05, 3.63) is 29.3 Å². The van der Waals surface area contributed by atoms with E-state index in [9.17, 15) is 0 Å². The lowest BCUT2D eigenvalue weighted by Gasteiger charge is -2.46. The fourth-order valence-electron chi connectivity index (χ4n) is 4.05. The lowest BCUT2D eigenvalue weighted by atomic mass is 9.62. The average molecular weight is 261 g/mol. The highest BCUT2D eigenvalue weighted by Crippen LogP contribution is 2.49. The van der Waals surface area contributed by atoms with E-state index in [1.54, 1.807) is 7.11 Å². The molecule has 2 unspecified atom stereocenters. The minimum atomic E-state index is -0.265. The lowest BCUT2D eigenvalue weighted by Crippen LogP contribution is -2.46. The van der Waals surface area contributed by atoms with Gasteiger partial charge in [-0.1, -0.05) is 38.5 Å². The van der Waals surface area contributed by atoms with Gasteiger partial charge < -0.3 is 10.5 Å². The molecule has 2 heteroatoms. The molecule has 1 fully saturated rings. The largest absolute Gasteiger partial charge is 0.496 e. The van der Waals surface area contributed by atoms with Crippen LogP contribution in [0.2, 0.25) is 0 Å². The number of benzene rings is 1. The molecule has 0 spiro atoms. The third kappa shape index (κ3) is 2.94. The van der Waals surface area contributed by atoms with E-state index < -0.39 is 0 Å². The van der Waals surface area contributed by atoms with Crippen molar-refractivity contribution in [3.63, 3.8) is 0 Å². The Labute approximate surface area is 117 Å². The third-order valence-electron chi connectivity index (χ3n) is 4.30. The molecule has 0 aromatic heterocycles. The molecular formula is C17H27NO. The first-order valence-corrected chi connectivity index (χ1v) is 7.20. The first kappa shape index (κ1) is 14.4. The molecule has 2 nitrogen and oxygen atoms in total. The summed E-state index contributed by atoms with van der Waals surface area (Å²) < 4.78 is 5.54. The number of hydrogen-bond acceptors (Lipinski definition) is 2. The molecule has 0 heterocycles. The summed E-state index contributed by atoms with van der Waals surface area (Å²) in [6.45, 7) is 9.08. The fraction of sp³-hybridized carbons (Fsp3) is 0.647. The number of methoxy groups -OCH3 is 1. The van der Waals surface area contributed by atoms with Crippen LogP contribution >= 0.6 is 0 Å². The highest BCUT2D eigenvalue weighted by atomic mass is 16.5. The number of nitrogens with two attached hydrogens (primary N) is 1. The molecule has 0 aliphatic heterocycles. The van der Waals surface area contributed by atoms with Gasteiger partial charge in [-0.3, -0.25) is 0 Å². The summed E-state index contributed by atoms with van der Waals surface area (Å²) in [7, 11) is 1.73. The van der Waals surface area contributed by atoms with Crippen molar-refractivity contribution in [1.29, 1.82) is 0 Å². The first-order chi connectivity index (χ1) is 8.76. The van der Waals surface area contributed by atoms with Gasteiger partial charge in [0.2, 0.25) is 0 Å². The van der Waals surface area contributed by atoms with Crippen molar-refractivity contribution < 1.29 is 4.74 Å². The Morgan fingerprint density at radius 1 is 1.26 bits per heavy atom. The topological polar surface area (TPSA) is 35.2 Å². The molecule has 1 aliphatic carbocycles. The maximum absolute atomic E-state index is 6.81. The van der Waals surface area contributed by atoms with E-state index in [4.69, 9.17) is 10.5 Å². The van der Waals surface area contributed by atoms with E-state index in [1.165, 1.54) is 17.5 Å². The molecule has 1 saturated carbocycles. The minimum Gasteiger partial charge on any atom is -0.496 e. The molecule has 106 valence electrons. The second-order valence-electron chi connectivity index (χ2n) is 7.21. The van der Waals surface area contributed by atoms with Crippen LogP contribution in [-0.4, -0.2) is 7.11 Å². The molecule has 0 saturated heterocycles. The predicted molar refractivity (Wildman–Crippen MR) is 80.4 cm³/mol. The van der Waals surface area contributed by atoms with Gasteiger partial charge in [0.25, 0.3) is 0 Å². The number of aryl methyl sites for hydroxylation is 1. The highest BCUT2D eigenvalue weighted by Gasteiger charge is 2.42. The van der Waals surface area contributed by atoms with Gasteiger partial charge in [0.05, 0.1) is 7.11 Å². The number of hydrogen-bond donors (Lipinski definition) is 1. The standard InChI is InChI=1S/C17H27NO/c1-12-6-7-15(19-5)14(8-12)17(18)10-13(2)9-16(3,4)11-17/h6-8,13H,9-11,18H2,1-5H3. The second kappa shape index (κ2) is 4.82. The molecular weight excluding hydrogens is 234 g/mol. The zero-order valence-corrected chi connectivity index (χ0v) is 12.9. The Bertz CT molecular complexity index is 466. The zero-order valence-electron chi connectivity index (χ0n) is 12.9. The molecule has 1 aromatic rings. The maximum atomic E-state index is 6.81. The highest BCUT2D eigenvalue weighted by molar-refractivity contribution is 5.42. The van der Waals surface area contributed by atoms with Crippen LogP contribution in [0.4, 0.5) is 0 Å². The third-order valence-corrected chi connectivity index (χ3v) is 4.30. The Hall–Kier alpha value is -1.02.